The summed E-state index contributed by atoms with van der Waals surface area (Å²) in [5.74, 6) is 3.14. The lowest BCUT2D eigenvalue weighted by Gasteiger charge is -2.44. The van der Waals surface area contributed by atoms with E-state index in [1.165, 1.54) is 28.3 Å². The summed E-state index contributed by atoms with van der Waals surface area (Å²) < 4.78 is 7.76. The molecule has 1 unspecified atom stereocenters. The fraction of sp³-hybridized carbons (Fsp3) is 0.478. The van der Waals surface area contributed by atoms with Gasteiger partial charge in [0.15, 0.2) is 0 Å². The molecule has 0 bridgehead atoms. The SMILES string of the molecule is CC(CO[Si](c1ccccc1)(c1ccccc1)C(C)(C)C)C1SCCCS1. The summed E-state index contributed by atoms with van der Waals surface area (Å²) in [4.78, 5) is 0. The van der Waals surface area contributed by atoms with Crippen LogP contribution in [-0.4, -0.2) is 31.0 Å². The smallest absolute Gasteiger partial charge is 0.261 e. The molecule has 0 amide bonds. The Hall–Kier alpha value is -0.683. The van der Waals surface area contributed by atoms with Crippen LogP contribution in [0.4, 0.5) is 0 Å². The van der Waals surface area contributed by atoms with Gasteiger partial charge in [-0.1, -0.05) is 88.4 Å². The van der Waals surface area contributed by atoms with Crippen molar-refractivity contribution in [3.05, 3.63) is 60.7 Å². The highest BCUT2D eigenvalue weighted by atomic mass is 32.2. The summed E-state index contributed by atoms with van der Waals surface area (Å²) >= 11 is 4.24. The molecule has 1 aliphatic rings. The van der Waals surface area contributed by atoms with Gasteiger partial charge in [0.2, 0.25) is 0 Å². The summed E-state index contributed by atoms with van der Waals surface area (Å²) in [6.07, 6.45) is 1.34. The zero-order valence-corrected chi connectivity index (χ0v) is 19.6. The van der Waals surface area contributed by atoms with Crippen molar-refractivity contribution in [2.75, 3.05) is 18.1 Å². The van der Waals surface area contributed by atoms with E-state index in [0.29, 0.717) is 10.5 Å². The fourth-order valence-electron chi connectivity index (χ4n) is 3.93. The number of benzene rings is 2. The van der Waals surface area contributed by atoms with Crippen molar-refractivity contribution >= 4 is 42.2 Å². The molecule has 1 aliphatic heterocycles. The van der Waals surface area contributed by atoms with Gasteiger partial charge in [0.1, 0.15) is 0 Å². The first kappa shape index (κ1) is 21.0. The summed E-state index contributed by atoms with van der Waals surface area (Å²) in [5, 5.41) is 2.81. The summed E-state index contributed by atoms with van der Waals surface area (Å²) in [6.45, 7) is 10.3. The van der Waals surface area contributed by atoms with Crippen LogP contribution in [0.3, 0.4) is 0 Å². The highest BCUT2D eigenvalue weighted by Gasteiger charge is 2.50. The van der Waals surface area contributed by atoms with Gasteiger partial charge >= 0.3 is 0 Å². The van der Waals surface area contributed by atoms with Gasteiger partial charge in [-0.2, -0.15) is 0 Å². The fourth-order valence-corrected chi connectivity index (χ4v) is 11.6. The Morgan fingerprint density at radius 2 is 1.41 bits per heavy atom. The first-order valence-electron chi connectivity index (χ1n) is 9.93. The Morgan fingerprint density at radius 1 is 0.926 bits per heavy atom. The van der Waals surface area contributed by atoms with Gasteiger partial charge in [0.05, 0.1) is 4.58 Å². The standard InChI is InChI=1S/C23H32OS2Si/c1-19(22-25-16-11-17-26-22)18-24-27(23(2,3)4,20-12-7-5-8-13-20)21-14-9-6-10-15-21/h5-10,12-15,19,22H,11,16-18H2,1-4H3. The van der Waals surface area contributed by atoms with Crippen LogP contribution in [0, 0.1) is 5.92 Å². The number of hydrogen-bond donors (Lipinski definition) is 0. The van der Waals surface area contributed by atoms with Crippen LogP contribution >= 0.6 is 23.5 Å². The summed E-state index contributed by atoms with van der Waals surface area (Å²) in [5.41, 5.74) is 0. The van der Waals surface area contributed by atoms with Crippen LogP contribution in [0.5, 0.6) is 0 Å². The van der Waals surface area contributed by atoms with Gasteiger partial charge in [-0.15, -0.1) is 23.5 Å². The minimum Gasteiger partial charge on any atom is -0.407 e. The van der Waals surface area contributed by atoms with E-state index in [1.54, 1.807) is 0 Å². The van der Waals surface area contributed by atoms with Crippen molar-refractivity contribution in [3.63, 3.8) is 0 Å². The highest BCUT2D eigenvalue weighted by Crippen LogP contribution is 2.39. The van der Waals surface area contributed by atoms with Crippen LogP contribution in [0.2, 0.25) is 5.04 Å². The second kappa shape index (κ2) is 9.21. The maximum atomic E-state index is 7.09. The van der Waals surface area contributed by atoms with Gasteiger partial charge in [0, 0.05) is 6.61 Å². The number of thioether (sulfide) groups is 2. The zero-order chi connectivity index (χ0) is 19.3. The van der Waals surface area contributed by atoms with Gasteiger partial charge < -0.3 is 4.43 Å². The topological polar surface area (TPSA) is 9.23 Å². The molecule has 0 aromatic heterocycles. The van der Waals surface area contributed by atoms with Gasteiger partial charge in [-0.05, 0) is 39.3 Å². The van der Waals surface area contributed by atoms with E-state index in [2.05, 4.69) is 112 Å². The largest absolute Gasteiger partial charge is 0.407 e. The number of rotatable bonds is 6. The first-order valence-corrected chi connectivity index (χ1v) is 13.9. The first-order chi connectivity index (χ1) is 12.9. The van der Waals surface area contributed by atoms with Gasteiger partial charge in [-0.25, -0.2) is 0 Å². The molecule has 0 aliphatic carbocycles. The molecule has 1 saturated heterocycles. The Kier molecular flexibility index (Phi) is 7.18. The Bertz CT molecular complexity index is 654. The van der Waals surface area contributed by atoms with Gasteiger partial charge in [0.25, 0.3) is 8.32 Å². The molecule has 1 fully saturated rings. The minimum atomic E-state index is -2.39. The van der Waals surface area contributed by atoms with Crippen molar-refractivity contribution in [1.29, 1.82) is 0 Å². The van der Waals surface area contributed by atoms with Crippen molar-refractivity contribution in [1.82, 2.24) is 0 Å². The summed E-state index contributed by atoms with van der Waals surface area (Å²) in [6, 6.07) is 22.0. The second-order valence-corrected chi connectivity index (χ2v) is 15.5. The lowest BCUT2D eigenvalue weighted by atomic mass is 10.2. The van der Waals surface area contributed by atoms with Crippen molar-refractivity contribution in [3.8, 4) is 0 Å². The monoisotopic (exact) mass is 416 g/mol. The zero-order valence-electron chi connectivity index (χ0n) is 17.0. The second-order valence-electron chi connectivity index (χ2n) is 8.42. The molecule has 0 saturated carbocycles. The maximum Gasteiger partial charge on any atom is 0.261 e. The summed E-state index contributed by atoms with van der Waals surface area (Å²) in [7, 11) is -2.39. The molecule has 1 atom stereocenters. The Labute approximate surface area is 174 Å². The highest BCUT2D eigenvalue weighted by molar-refractivity contribution is 8.17. The molecule has 2 aromatic rings. The van der Waals surface area contributed by atoms with Crippen LogP contribution in [0.1, 0.15) is 34.1 Å². The lowest BCUT2D eigenvalue weighted by molar-refractivity contribution is 0.253. The molecule has 0 spiro atoms. The molecule has 146 valence electrons. The predicted molar refractivity (Wildman–Crippen MR) is 126 cm³/mol. The lowest BCUT2D eigenvalue weighted by Crippen LogP contribution is -2.67. The van der Waals surface area contributed by atoms with E-state index in [1.807, 2.05) is 0 Å². The molecule has 3 rings (SSSR count). The Morgan fingerprint density at radius 3 is 1.85 bits per heavy atom. The van der Waals surface area contributed by atoms with Crippen LogP contribution < -0.4 is 10.4 Å². The molecule has 2 aromatic carbocycles. The normalized spacial score (nSPS) is 17.6. The van der Waals surface area contributed by atoms with E-state index < -0.39 is 8.32 Å². The van der Waals surface area contributed by atoms with E-state index in [9.17, 15) is 0 Å². The van der Waals surface area contributed by atoms with Crippen LogP contribution in [-0.2, 0) is 4.43 Å². The third kappa shape index (κ3) is 4.67. The third-order valence-corrected chi connectivity index (χ3v) is 13.8. The van der Waals surface area contributed by atoms with E-state index in [4.69, 9.17) is 4.43 Å². The Balaban J connectivity index is 1.96. The van der Waals surface area contributed by atoms with E-state index >= 15 is 0 Å². The molecule has 0 radical (unpaired) electrons. The average Bonchev–Trinajstić information content (AvgIpc) is 2.69. The van der Waals surface area contributed by atoms with E-state index in [0.717, 1.165) is 6.61 Å². The average molecular weight is 417 g/mol. The van der Waals surface area contributed by atoms with E-state index in [-0.39, 0.29) is 5.04 Å². The molecular formula is C23H32OS2Si. The molecule has 27 heavy (non-hydrogen) atoms. The molecular weight excluding hydrogens is 384 g/mol. The molecule has 1 nitrogen and oxygen atoms in total. The quantitative estimate of drug-likeness (QED) is 0.584. The molecule has 4 heteroatoms. The van der Waals surface area contributed by atoms with Crippen LogP contribution in [0.15, 0.2) is 60.7 Å². The number of hydrogen-bond acceptors (Lipinski definition) is 3. The van der Waals surface area contributed by atoms with Crippen LogP contribution in [0.25, 0.3) is 0 Å². The van der Waals surface area contributed by atoms with Gasteiger partial charge in [-0.3, -0.25) is 0 Å². The van der Waals surface area contributed by atoms with Crippen molar-refractivity contribution in [2.45, 2.75) is 43.7 Å². The van der Waals surface area contributed by atoms with Crippen molar-refractivity contribution < 1.29 is 4.43 Å². The molecule has 1 heterocycles. The molecule has 0 N–H and O–H groups in total. The minimum absolute atomic E-state index is 0.0578. The predicted octanol–water partition coefficient (Wildman–Crippen LogP) is 5.40. The maximum absolute atomic E-state index is 7.09. The van der Waals surface area contributed by atoms with Crippen molar-refractivity contribution in [2.24, 2.45) is 5.92 Å². The third-order valence-electron chi connectivity index (χ3n) is 5.30.